The lowest BCUT2D eigenvalue weighted by Crippen LogP contribution is -2.36. The lowest BCUT2D eigenvalue weighted by atomic mass is 10.0. The van der Waals surface area contributed by atoms with Gasteiger partial charge >= 0.3 is 5.97 Å². The fraction of sp³-hybridized carbons (Fsp3) is 0.625. The van der Waals surface area contributed by atoms with Crippen LogP contribution < -0.4 is 4.74 Å². The second-order valence-electron chi connectivity index (χ2n) is 8.91. The van der Waals surface area contributed by atoms with Gasteiger partial charge in [-0.3, -0.25) is 0 Å². The smallest absolute Gasteiger partial charge is 0.337 e. The Hall–Kier alpha value is -2.13. The van der Waals surface area contributed by atoms with Crippen molar-refractivity contribution in [2.75, 3.05) is 20.8 Å². The van der Waals surface area contributed by atoms with E-state index in [4.69, 9.17) is 33.2 Å². The van der Waals surface area contributed by atoms with Crippen LogP contribution in [-0.4, -0.2) is 56.7 Å². The largest absolute Gasteiger partial charge is 0.497 e. The monoisotopic (exact) mass is 450 g/mol. The van der Waals surface area contributed by atoms with E-state index >= 15 is 0 Å². The van der Waals surface area contributed by atoms with Crippen molar-refractivity contribution >= 4 is 5.97 Å². The number of ether oxygens (including phenoxy) is 7. The quantitative estimate of drug-likeness (QED) is 0.499. The molecule has 178 valence electrons. The van der Waals surface area contributed by atoms with Gasteiger partial charge in [-0.2, -0.15) is 0 Å². The van der Waals surface area contributed by atoms with Crippen molar-refractivity contribution in [1.29, 1.82) is 0 Å². The lowest BCUT2D eigenvalue weighted by Gasteiger charge is -2.32. The number of benzene rings is 1. The first-order valence-electron chi connectivity index (χ1n) is 10.8. The second kappa shape index (κ2) is 10.2. The Labute approximate surface area is 189 Å². The van der Waals surface area contributed by atoms with Gasteiger partial charge in [0.25, 0.3) is 0 Å². The van der Waals surface area contributed by atoms with Crippen LogP contribution in [0.1, 0.15) is 46.1 Å². The number of hydrogen-bond acceptors (Lipinski definition) is 8. The van der Waals surface area contributed by atoms with Gasteiger partial charge in [-0.25, -0.2) is 4.79 Å². The molecule has 3 atom stereocenters. The average Bonchev–Trinajstić information content (AvgIpc) is 2.99. The number of methoxy groups -OCH3 is 2. The Morgan fingerprint density at radius 1 is 0.969 bits per heavy atom. The fourth-order valence-electron chi connectivity index (χ4n) is 3.88. The van der Waals surface area contributed by atoms with E-state index in [1.54, 1.807) is 28.1 Å². The normalized spacial score (nSPS) is 24.9. The third-order valence-electron chi connectivity index (χ3n) is 5.25. The maximum atomic E-state index is 11.8. The fourth-order valence-corrected chi connectivity index (χ4v) is 3.88. The van der Waals surface area contributed by atoms with Crippen LogP contribution in [0.25, 0.3) is 0 Å². The third-order valence-corrected chi connectivity index (χ3v) is 5.25. The highest BCUT2D eigenvalue weighted by molar-refractivity contribution is 5.83. The van der Waals surface area contributed by atoms with E-state index in [0.717, 1.165) is 11.3 Å². The Kier molecular flexibility index (Phi) is 7.82. The highest BCUT2D eigenvalue weighted by Crippen LogP contribution is 2.33. The summed E-state index contributed by atoms with van der Waals surface area (Å²) in [6, 6.07) is 7.75. The summed E-state index contributed by atoms with van der Waals surface area (Å²) in [5.41, 5.74) is 1.05. The average molecular weight is 451 g/mol. The molecular weight excluding hydrogens is 416 g/mol. The summed E-state index contributed by atoms with van der Waals surface area (Å²) in [6.45, 7) is 8.02. The number of cyclic esters (lactones) is 1. The molecule has 32 heavy (non-hydrogen) atoms. The van der Waals surface area contributed by atoms with Gasteiger partial charge in [0.2, 0.25) is 5.79 Å². The number of carbonyl (C=O) groups is 1. The van der Waals surface area contributed by atoms with Crippen LogP contribution in [0.5, 0.6) is 5.75 Å². The summed E-state index contributed by atoms with van der Waals surface area (Å²) in [5, 5.41) is 0. The predicted molar refractivity (Wildman–Crippen MR) is 116 cm³/mol. The van der Waals surface area contributed by atoms with Crippen LogP contribution in [0.2, 0.25) is 0 Å². The van der Waals surface area contributed by atoms with Crippen LogP contribution in [-0.2, 0) is 39.8 Å². The predicted octanol–water partition coefficient (Wildman–Crippen LogP) is 3.72. The second-order valence-corrected chi connectivity index (χ2v) is 8.91. The Balaban J connectivity index is 1.56. The summed E-state index contributed by atoms with van der Waals surface area (Å²) in [7, 11) is 3.27. The molecule has 0 unspecified atom stereocenters. The molecular formula is C24H34O8. The van der Waals surface area contributed by atoms with E-state index < -0.39 is 17.5 Å². The van der Waals surface area contributed by atoms with Crippen molar-refractivity contribution in [1.82, 2.24) is 0 Å². The molecule has 8 nitrogen and oxygen atoms in total. The number of rotatable bonds is 10. The van der Waals surface area contributed by atoms with Gasteiger partial charge in [0.15, 0.2) is 5.79 Å². The van der Waals surface area contributed by atoms with Gasteiger partial charge in [-0.1, -0.05) is 12.1 Å². The maximum Gasteiger partial charge on any atom is 0.337 e. The molecule has 0 spiro atoms. The molecule has 8 heteroatoms. The molecule has 2 aliphatic rings. The lowest BCUT2D eigenvalue weighted by molar-refractivity contribution is -0.207. The standard InChI is InChI=1S/C24H34O8/c1-23(2)29-19(13-22(25)32-23)11-18(27-6)12-20-21(31-24(3,4)30-20)15-28-14-16-7-9-17(26-5)10-8-16/h7-10,13,18,20-21H,11-12,14-15H2,1-6H3/t18-,20+,21+/m0/s1. The van der Waals surface area contributed by atoms with Crippen LogP contribution in [0, 0.1) is 0 Å². The molecule has 0 radical (unpaired) electrons. The van der Waals surface area contributed by atoms with Crippen molar-refractivity contribution in [3.63, 3.8) is 0 Å². The maximum absolute atomic E-state index is 11.8. The topological polar surface area (TPSA) is 81.7 Å². The molecule has 0 saturated carbocycles. The molecule has 1 aromatic rings. The van der Waals surface area contributed by atoms with Crippen molar-refractivity contribution < 1.29 is 38.0 Å². The van der Waals surface area contributed by atoms with Crippen molar-refractivity contribution in [3.8, 4) is 5.75 Å². The first-order chi connectivity index (χ1) is 15.1. The molecule has 1 aromatic carbocycles. The first-order valence-corrected chi connectivity index (χ1v) is 10.8. The minimum atomic E-state index is -0.994. The van der Waals surface area contributed by atoms with Crippen LogP contribution in [0.15, 0.2) is 36.1 Å². The van der Waals surface area contributed by atoms with E-state index in [1.807, 2.05) is 38.1 Å². The van der Waals surface area contributed by atoms with Gasteiger partial charge in [0, 0.05) is 33.8 Å². The summed E-state index contributed by atoms with van der Waals surface area (Å²) in [6.07, 6.45) is 1.65. The minimum absolute atomic E-state index is 0.227. The van der Waals surface area contributed by atoms with E-state index in [0.29, 0.717) is 31.8 Å². The molecule has 0 amide bonds. The molecule has 3 rings (SSSR count). The van der Waals surface area contributed by atoms with Gasteiger partial charge in [-0.15, -0.1) is 0 Å². The Morgan fingerprint density at radius 2 is 1.66 bits per heavy atom. The SMILES string of the molecule is COc1ccc(COC[C@H]2OC(C)(C)O[C@@H]2C[C@H](CC2=CC(=O)OC(C)(C)O2)OC)cc1. The summed E-state index contributed by atoms with van der Waals surface area (Å²) < 4.78 is 39.9. The van der Waals surface area contributed by atoms with Gasteiger partial charge < -0.3 is 33.2 Å². The van der Waals surface area contributed by atoms with E-state index in [9.17, 15) is 4.79 Å². The van der Waals surface area contributed by atoms with Crippen molar-refractivity contribution in [3.05, 3.63) is 41.7 Å². The third kappa shape index (κ3) is 6.93. The molecule has 2 heterocycles. The zero-order valence-corrected chi connectivity index (χ0v) is 19.7. The minimum Gasteiger partial charge on any atom is -0.497 e. The molecule has 0 aliphatic carbocycles. The van der Waals surface area contributed by atoms with E-state index in [1.165, 1.54) is 6.08 Å². The number of hydrogen-bond donors (Lipinski definition) is 0. The molecule has 1 fully saturated rings. The van der Waals surface area contributed by atoms with Crippen LogP contribution in [0.4, 0.5) is 0 Å². The molecule has 0 bridgehead atoms. The Bertz CT molecular complexity index is 799. The first kappa shape index (κ1) is 24.5. The van der Waals surface area contributed by atoms with Crippen LogP contribution >= 0.6 is 0 Å². The van der Waals surface area contributed by atoms with Crippen LogP contribution in [0.3, 0.4) is 0 Å². The van der Waals surface area contributed by atoms with E-state index in [2.05, 4.69) is 0 Å². The number of carbonyl (C=O) groups excluding carboxylic acids is 1. The zero-order chi connectivity index (χ0) is 23.4. The van der Waals surface area contributed by atoms with Gasteiger partial charge in [0.05, 0.1) is 38.6 Å². The van der Waals surface area contributed by atoms with E-state index in [-0.39, 0.29) is 18.3 Å². The van der Waals surface area contributed by atoms with Gasteiger partial charge in [-0.05, 0) is 31.5 Å². The number of esters is 1. The summed E-state index contributed by atoms with van der Waals surface area (Å²) in [5.74, 6) is -0.793. The van der Waals surface area contributed by atoms with Crippen molar-refractivity contribution in [2.45, 2.75) is 77.0 Å². The zero-order valence-electron chi connectivity index (χ0n) is 19.7. The van der Waals surface area contributed by atoms with Crippen molar-refractivity contribution in [2.24, 2.45) is 0 Å². The molecule has 0 aromatic heterocycles. The Morgan fingerprint density at radius 3 is 2.28 bits per heavy atom. The van der Waals surface area contributed by atoms with Gasteiger partial charge in [0.1, 0.15) is 17.6 Å². The summed E-state index contributed by atoms with van der Waals surface area (Å²) in [4.78, 5) is 11.8. The summed E-state index contributed by atoms with van der Waals surface area (Å²) >= 11 is 0. The molecule has 1 saturated heterocycles. The highest BCUT2D eigenvalue weighted by atomic mass is 16.8. The molecule has 2 aliphatic heterocycles. The highest BCUT2D eigenvalue weighted by Gasteiger charge is 2.42. The molecule has 0 N–H and O–H groups in total.